The molecule has 1 aromatic rings. The number of phenolic OH excluding ortho intramolecular Hbond substituents is 2. The number of likely N-dealkylation sites (N-methyl/N-ethyl adjacent to an activating group) is 2. The van der Waals surface area contributed by atoms with Crippen LogP contribution < -0.4 is 0 Å². The van der Waals surface area contributed by atoms with E-state index < -0.39 is 0 Å². The topological polar surface area (TPSA) is 64.0 Å². The van der Waals surface area contributed by atoms with Crippen molar-refractivity contribution in [3.63, 3.8) is 0 Å². The zero-order valence-electron chi connectivity index (χ0n) is 12.0. The number of nitrogens with zero attached hydrogens (tertiary/aromatic N) is 2. The minimum absolute atomic E-state index is 0.0176. The molecule has 1 aromatic carbocycles. The summed E-state index contributed by atoms with van der Waals surface area (Å²) in [6, 6.07) is 4.70. The number of carbonyl (C=O) groups excluding carboxylic acids is 1. The van der Waals surface area contributed by atoms with Crippen LogP contribution in [-0.4, -0.2) is 58.6 Å². The van der Waals surface area contributed by atoms with Gasteiger partial charge in [-0.2, -0.15) is 0 Å². The van der Waals surface area contributed by atoms with E-state index in [9.17, 15) is 15.0 Å². The van der Waals surface area contributed by atoms with Crippen LogP contribution in [0.2, 0.25) is 0 Å². The van der Waals surface area contributed by atoms with Crippen molar-refractivity contribution in [2.75, 3.05) is 26.7 Å². The number of benzene rings is 1. The summed E-state index contributed by atoms with van der Waals surface area (Å²) in [5, 5.41) is 19.5. The van der Waals surface area contributed by atoms with Crippen molar-refractivity contribution in [2.24, 2.45) is 0 Å². The summed E-state index contributed by atoms with van der Waals surface area (Å²) >= 11 is 0. The van der Waals surface area contributed by atoms with Gasteiger partial charge in [-0.05, 0) is 38.1 Å². The molecule has 5 nitrogen and oxygen atoms in total. The molecule has 1 saturated heterocycles. The Bertz CT molecular complexity index is 470. The minimum atomic E-state index is -0.344. The van der Waals surface area contributed by atoms with E-state index in [4.69, 9.17) is 0 Å². The van der Waals surface area contributed by atoms with E-state index in [-0.39, 0.29) is 23.0 Å². The van der Waals surface area contributed by atoms with E-state index in [2.05, 4.69) is 11.8 Å². The Morgan fingerprint density at radius 1 is 1.40 bits per heavy atom. The van der Waals surface area contributed by atoms with Gasteiger partial charge in [0.25, 0.3) is 5.91 Å². The van der Waals surface area contributed by atoms with Crippen LogP contribution in [0.25, 0.3) is 0 Å². The second-order valence-corrected chi connectivity index (χ2v) is 5.28. The summed E-state index contributed by atoms with van der Waals surface area (Å²) < 4.78 is 0. The van der Waals surface area contributed by atoms with Crippen LogP contribution in [0.15, 0.2) is 18.2 Å². The monoisotopic (exact) mass is 278 g/mol. The van der Waals surface area contributed by atoms with Crippen molar-refractivity contribution in [1.29, 1.82) is 0 Å². The summed E-state index contributed by atoms with van der Waals surface area (Å²) in [5.74, 6) is -0.704. The second kappa shape index (κ2) is 6.13. The van der Waals surface area contributed by atoms with Gasteiger partial charge in [0.2, 0.25) is 0 Å². The van der Waals surface area contributed by atoms with E-state index in [1.165, 1.54) is 18.2 Å². The summed E-state index contributed by atoms with van der Waals surface area (Å²) in [5.41, 5.74) is -0.0176. The highest BCUT2D eigenvalue weighted by Crippen LogP contribution is 2.28. The van der Waals surface area contributed by atoms with Crippen LogP contribution in [0.1, 0.15) is 30.1 Å². The van der Waals surface area contributed by atoms with E-state index in [1.54, 1.807) is 11.9 Å². The first-order valence-electron chi connectivity index (χ1n) is 7.05. The number of rotatable bonds is 4. The lowest BCUT2D eigenvalue weighted by Gasteiger charge is -2.28. The number of hydrogen-bond acceptors (Lipinski definition) is 4. The third kappa shape index (κ3) is 2.88. The first kappa shape index (κ1) is 14.7. The summed E-state index contributed by atoms with van der Waals surface area (Å²) in [4.78, 5) is 16.3. The van der Waals surface area contributed by atoms with E-state index in [0.717, 1.165) is 25.9 Å². The van der Waals surface area contributed by atoms with Crippen LogP contribution in [-0.2, 0) is 0 Å². The molecule has 1 atom stereocenters. The van der Waals surface area contributed by atoms with Gasteiger partial charge in [-0.3, -0.25) is 9.69 Å². The molecule has 1 fully saturated rings. The smallest absolute Gasteiger partial charge is 0.261 e. The fourth-order valence-corrected chi connectivity index (χ4v) is 2.86. The molecule has 110 valence electrons. The molecule has 0 spiro atoms. The van der Waals surface area contributed by atoms with Gasteiger partial charge in [-0.15, -0.1) is 0 Å². The molecule has 2 N–H and O–H groups in total. The van der Waals surface area contributed by atoms with Gasteiger partial charge in [0.05, 0.1) is 0 Å². The quantitative estimate of drug-likeness (QED) is 0.879. The van der Waals surface area contributed by atoms with Gasteiger partial charge in [-0.1, -0.05) is 13.0 Å². The van der Waals surface area contributed by atoms with Crippen LogP contribution in [0.4, 0.5) is 0 Å². The highest BCUT2D eigenvalue weighted by atomic mass is 16.3. The third-order valence-corrected chi connectivity index (χ3v) is 3.97. The maximum atomic E-state index is 12.4. The minimum Gasteiger partial charge on any atom is -0.507 e. The predicted octanol–water partition coefficient (Wildman–Crippen LogP) is 1.65. The highest BCUT2D eigenvalue weighted by Gasteiger charge is 2.27. The summed E-state index contributed by atoms with van der Waals surface area (Å²) in [7, 11) is 1.71. The Labute approximate surface area is 119 Å². The molecule has 0 aromatic heterocycles. The number of amides is 1. The molecule has 5 heteroatoms. The van der Waals surface area contributed by atoms with Crippen molar-refractivity contribution in [3.8, 4) is 11.5 Å². The molecule has 1 aliphatic heterocycles. The standard InChI is InChI=1S/C15H22N2O3/c1-3-17-9-5-6-11(17)10-16(2)15(20)14-12(18)7-4-8-13(14)19/h4,7-8,11,18-19H,3,5-6,9-10H2,1-2H3. The first-order chi connectivity index (χ1) is 9.54. The molecule has 0 bridgehead atoms. The lowest BCUT2D eigenvalue weighted by atomic mass is 10.1. The van der Waals surface area contributed by atoms with Gasteiger partial charge >= 0.3 is 0 Å². The van der Waals surface area contributed by atoms with Gasteiger partial charge in [0, 0.05) is 19.6 Å². The van der Waals surface area contributed by atoms with Crippen molar-refractivity contribution in [3.05, 3.63) is 23.8 Å². The van der Waals surface area contributed by atoms with Crippen molar-refractivity contribution < 1.29 is 15.0 Å². The van der Waals surface area contributed by atoms with Crippen LogP contribution in [0.3, 0.4) is 0 Å². The molecule has 20 heavy (non-hydrogen) atoms. The van der Waals surface area contributed by atoms with Crippen LogP contribution in [0.5, 0.6) is 11.5 Å². The van der Waals surface area contributed by atoms with Gasteiger partial charge < -0.3 is 15.1 Å². The van der Waals surface area contributed by atoms with E-state index in [0.29, 0.717) is 12.6 Å². The lowest BCUT2D eigenvalue weighted by Crippen LogP contribution is -2.41. The summed E-state index contributed by atoms with van der Waals surface area (Å²) in [6.07, 6.45) is 2.24. The normalized spacial score (nSPS) is 19.2. The lowest BCUT2D eigenvalue weighted by molar-refractivity contribution is 0.0748. The molecule has 1 aliphatic rings. The highest BCUT2D eigenvalue weighted by molar-refractivity contribution is 5.99. The third-order valence-electron chi connectivity index (χ3n) is 3.97. The van der Waals surface area contributed by atoms with Gasteiger partial charge in [-0.25, -0.2) is 0 Å². The Balaban J connectivity index is 2.09. The number of carbonyl (C=O) groups is 1. The second-order valence-electron chi connectivity index (χ2n) is 5.28. The zero-order chi connectivity index (χ0) is 14.7. The van der Waals surface area contributed by atoms with Gasteiger partial charge in [0.1, 0.15) is 17.1 Å². The van der Waals surface area contributed by atoms with Gasteiger partial charge in [0.15, 0.2) is 0 Å². The predicted molar refractivity (Wildman–Crippen MR) is 77.0 cm³/mol. The molecule has 1 heterocycles. The average Bonchev–Trinajstić information content (AvgIpc) is 2.85. The molecule has 1 unspecified atom stereocenters. The Hall–Kier alpha value is -1.75. The van der Waals surface area contributed by atoms with E-state index in [1.807, 2.05) is 0 Å². The Morgan fingerprint density at radius 3 is 2.65 bits per heavy atom. The molecule has 0 saturated carbocycles. The number of hydrogen-bond donors (Lipinski definition) is 2. The average molecular weight is 278 g/mol. The maximum Gasteiger partial charge on any atom is 0.261 e. The fourth-order valence-electron chi connectivity index (χ4n) is 2.86. The van der Waals surface area contributed by atoms with Crippen molar-refractivity contribution in [1.82, 2.24) is 9.80 Å². The number of aromatic hydroxyl groups is 2. The number of phenols is 2. The molecule has 1 amide bonds. The zero-order valence-corrected chi connectivity index (χ0v) is 12.0. The van der Waals surface area contributed by atoms with Crippen LogP contribution >= 0.6 is 0 Å². The maximum absolute atomic E-state index is 12.4. The molecular weight excluding hydrogens is 256 g/mol. The SMILES string of the molecule is CCN1CCCC1CN(C)C(=O)c1c(O)cccc1O. The van der Waals surface area contributed by atoms with Crippen LogP contribution in [0, 0.1) is 0 Å². The molecule has 2 rings (SSSR count). The molecule has 0 radical (unpaired) electrons. The fraction of sp³-hybridized carbons (Fsp3) is 0.533. The molecular formula is C15H22N2O3. The first-order valence-corrected chi connectivity index (χ1v) is 7.05. The Morgan fingerprint density at radius 2 is 2.05 bits per heavy atom. The summed E-state index contributed by atoms with van der Waals surface area (Å²) in [6.45, 7) is 4.79. The van der Waals surface area contributed by atoms with Crippen molar-refractivity contribution in [2.45, 2.75) is 25.8 Å². The van der Waals surface area contributed by atoms with Crippen molar-refractivity contribution >= 4 is 5.91 Å². The van der Waals surface area contributed by atoms with E-state index >= 15 is 0 Å². The molecule has 0 aliphatic carbocycles. The largest absolute Gasteiger partial charge is 0.507 e. The number of likely N-dealkylation sites (tertiary alicyclic amines) is 1. The Kier molecular flexibility index (Phi) is 4.49.